The summed E-state index contributed by atoms with van der Waals surface area (Å²) in [5.74, 6) is -2.01. The first kappa shape index (κ1) is 18.8. The molecule has 0 aromatic heterocycles. The highest BCUT2D eigenvalue weighted by Gasteiger charge is 2.42. The van der Waals surface area contributed by atoms with Crippen LogP contribution in [-0.2, 0) is 26.2 Å². The monoisotopic (exact) mass is 397 g/mol. The number of para-hydroxylation sites is 1. The molecule has 0 aliphatic carbocycles. The number of rotatable bonds is 6. The van der Waals surface area contributed by atoms with Gasteiger partial charge in [-0.05, 0) is 18.2 Å². The molecule has 1 aliphatic rings. The Morgan fingerprint density at radius 2 is 1.74 bits per heavy atom. The van der Waals surface area contributed by atoms with Crippen molar-refractivity contribution >= 4 is 21.9 Å². The summed E-state index contributed by atoms with van der Waals surface area (Å²) in [6, 6.07) is 11.3. The number of hydrogen-bond acceptors (Lipinski definition) is 6. The van der Waals surface area contributed by atoms with Crippen molar-refractivity contribution in [2.45, 2.75) is 18.1 Å². The molecule has 0 saturated carbocycles. The van der Waals surface area contributed by atoms with Crippen LogP contribution in [0.2, 0.25) is 0 Å². The zero-order valence-electron chi connectivity index (χ0n) is 13.7. The maximum atomic E-state index is 12.4. The molecule has 1 amide bonds. The predicted octanol–water partition coefficient (Wildman–Crippen LogP) is 2.18. The summed E-state index contributed by atoms with van der Waals surface area (Å²) >= 11 is 0. The SMILES string of the molecule is O=C(CN1C(=O)c2ccccc2S1(=O)=O)OCc1ccccc1OC(F)F. The number of carbonyl (C=O) groups is 2. The summed E-state index contributed by atoms with van der Waals surface area (Å²) in [4.78, 5) is 24.1. The van der Waals surface area contributed by atoms with Crippen molar-refractivity contribution in [1.29, 1.82) is 0 Å². The molecule has 0 atom stereocenters. The molecule has 10 heteroatoms. The van der Waals surface area contributed by atoms with Gasteiger partial charge in [0.25, 0.3) is 15.9 Å². The maximum absolute atomic E-state index is 12.4. The van der Waals surface area contributed by atoms with Crippen LogP contribution in [0.4, 0.5) is 8.78 Å². The second-order valence-corrected chi connectivity index (χ2v) is 7.29. The van der Waals surface area contributed by atoms with Crippen molar-refractivity contribution in [2.75, 3.05) is 6.54 Å². The third kappa shape index (κ3) is 3.75. The average Bonchev–Trinajstić information content (AvgIpc) is 2.82. The summed E-state index contributed by atoms with van der Waals surface area (Å²) in [5.41, 5.74) is 0.144. The minimum atomic E-state index is -4.14. The Morgan fingerprint density at radius 1 is 1.07 bits per heavy atom. The van der Waals surface area contributed by atoms with E-state index in [1.807, 2.05) is 0 Å². The van der Waals surface area contributed by atoms with E-state index in [1.165, 1.54) is 48.5 Å². The van der Waals surface area contributed by atoms with Gasteiger partial charge in [0.2, 0.25) is 0 Å². The Morgan fingerprint density at radius 3 is 2.44 bits per heavy atom. The van der Waals surface area contributed by atoms with Crippen LogP contribution in [0.15, 0.2) is 53.4 Å². The fourth-order valence-corrected chi connectivity index (χ4v) is 4.06. The first-order valence-corrected chi connectivity index (χ1v) is 9.09. The lowest BCUT2D eigenvalue weighted by atomic mass is 10.2. The van der Waals surface area contributed by atoms with Gasteiger partial charge in [-0.25, -0.2) is 12.7 Å². The Kier molecular flexibility index (Phi) is 5.08. The van der Waals surface area contributed by atoms with Gasteiger partial charge in [0.15, 0.2) is 0 Å². The summed E-state index contributed by atoms with van der Waals surface area (Å²) < 4.78 is 59.2. The number of benzene rings is 2. The van der Waals surface area contributed by atoms with E-state index in [0.29, 0.717) is 4.31 Å². The lowest BCUT2D eigenvalue weighted by Crippen LogP contribution is -2.35. The van der Waals surface area contributed by atoms with Crippen LogP contribution in [-0.4, -0.2) is 37.8 Å². The quantitative estimate of drug-likeness (QED) is 0.694. The van der Waals surface area contributed by atoms with Gasteiger partial charge in [0.1, 0.15) is 23.8 Å². The van der Waals surface area contributed by atoms with Crippen LogP contribution in [0.3, 0.4) is 0 Å². The second kappa shape index (κ2) is 7.31. The highest BCUT2D eigenvalue weighted by molar-refractivity contribution is 7.90. The third-order valence-electron chi connectivity index (χ3n) is 3.76. The number of halogens is 2. The molecular weight excluding hydrogens is 384 g/mol. The van der Waals surface area contributed by atoms with Crippen molar-refractivity contribution in [3.8, 4) is 5.75 Å². The van der Waals surface area contributed by atoms with E-state index in [0.717, 1.165) is 0 Å². The lowest BCUT2D eigenvalue weighted by Gasteiger charge is -2.15. The second-order valence-electron chi connectivity index (χ2n) is 5.46. The molecule has 0 spiro atoms. The Labute approximate surface area is 153 Å². The van der Waals surface area contributed by atoms with E-state index in [-0.39, 0.29) is 21.8 Å². The van der Waals surface area contributed by atoms with Crippen LogP contribution in [0.5, 0.6) is 5.75 Å². The van der Waals surface area contributed by atoms with Crippen LogP contribution < -0.4 is 4.74 Å². The normalized spacial score (nSPS) is 14.9. The summed E-state index contributed by atoms with van der Waals surface area (Å²) in [5, 5.41) is 0. The zero-order chi connectivity index (χ0) is 19.6. The number of esters is 1. The molecule has 3 rings (SSSR count). The van der Waals surface area contributed by atoms with Crippen molar-refractivity contribution in [3.05, 3.63) is 59.7 Å². The molecule has 0 fully saturated rings. The van der Waals surface area contributed by atoms with Crippen molar-refractivity contribution in [3.63, 3.8) is 0 Å². The molecule has 7 nitrogen and oxygen atoms in total. The van der Waals surface area contributed by atoms with E-state index < -0.39 is 41.7 Å². The Hall–Kier alpha value is -3.01. The molecule has 2 aromatic rings. The maximum Gasteiger partial charge on any atom is 0.387 e. The minimum Gasteiger partial charge on any atom is -0.459 e. The molecule has 0 saturated heterocycles. The number of fused-ring (bicyclic) bond motifs is 1. The number of amides is 1. The topological polar surface area (TPSA) is 90.0 Å². The van der Waals surface area contributed by atoms with Crippen molar-refractivity contribution < 1.29 is 36.3 Å². The van der Waals surface area contributed by atoms with Gasteiger partial charge in [-0.15, -0.1) is 0 Å². The Balaban J connectivity index is 1.69. The van der Waals surface area contributed by atoms with Crippen molar-refractivity contribution in [2.24, 2.45) is 0 Å². The fraction of sp³-hybridized carbons (Fsp3) is 0.176. The first-order chi connectivity index (χ1) is 12.8. The standard InChI is InChI=1S/C17H13F2NO6S/c18-17(19)26-13-7-3-1-5-11(13)10-25-15(21)9-20-16(22)12-6-2-4-8-14(12)27(20,23)24/h1-8,17H,9-10H2. The minimum absolute atomic E-state index is 0.0269. The Bertz CT molecular complexity index is 992. The van der Waals surface area contributed by atoms with Crippen LogP contribution >= 0.6 is 0 Å². The highest BCUT2D eigenvalue weighted by Crippen LogP contribution is 2.29. The van der Waals surface area contributed by atoms with Crippen LogP contribution in [0.25, 0.3) is 0 Å². The molecule has 0 unspecified atom stereocenters. The molecule has 27 heavy (non-hydrogen) atoms. The number of carbonyl (C=O) groups excluding carboxylic acids is 2. The van der Waals surface area contributed by atoms with Gasteiger partial charge in [0, 0.05) is 5.56 Å². The number of hydrogen-bond donors (Lipinski definition) is 0. The largest absolute Gasteiger partial charge is 0.459 e. The molecule has 0 radical (unpaired) electrons. The fourth-order valence-electron chi connectivity index (χ4n) is 2.54. The molecule has 2 aromatic carbocycles. The van der Waals surface area contributed by atoms with Gasteiger partial charge in [-0.2, -0.15) is 8.78 Å². The smallest absolute Gasteiger partial charge is 0.387 e. The number of nitrogens with zero attached hydrogens (tertiary/aromatic N) is 1. The van der Waals surface area contributed by atoms with Gasteiger partial charge in [0.05, 0.1) is 5.56 Å². The van der Waals surface area contributed by atoms with Crippen molar-refractivity contribution in [1.82, 2.24) is 4.31 Å². The zero-order valence-corrected chi connectivity index (χ0v) is 14.5. The van der Waals surface area contributed by atoms with Gasteiger partial charge in [-0.3, -0.25) is 9.59 Å². The molecule has 1 heterocycles. The molecule has 142 valence electrons. The highest BCUT2D eigenvalue weighted by atomic mass is 32.2. The number of sulfonamides is 1. The van der Waals surface area contributed by atoms with Crippen LogP contribution in [0, 0.1) is 0 Å². The molecule has 0 bridgehead atoms. The lowest BCUT2D eigenvalue weighted by molar-refractivity contribution is -0.144. The average molecular weight is 397 g/mol. The first-order valence-electron chi connectivity index (χ1n) is 7.65. The summed E-state index contributed by atoms with van der Waals surface area (Å²) in [6.07, 6.45) is 0. The van der Waals surface area contributed by atoms with E-state index in [1.54, 1.807) is 0 Å². The van der Waals surface area contributed by atoms with E-state index >= 15 is 0 Å². The molecule has 0 N–H and O–H groups in total. The number of ether oxygens (including phenoxy) is 2. The van der Waals surface area contributed by atoms with Crippen LogP contribution in [0.1, 0.15) is 15.9 Å². The predicted molar refractivity (Wildman–Crippen MR) is 87.5 cm³/mol. The van der Waals surface area contributed by atoms with E-state index in [2.05, 4.69) is 4.74 Å². The number of alkyl halides is 2. The molecule has 1 aliphatic heterocycles. The van der Waals surface area contributed by atoms with E-state index in [9.17, 15) is 26.8 Å². The third-order valence-corrected chi connectivity index (χ3v) is 5.55. The van der Waals surface area contributed by atoms with Gasteiger partial charge >= 0.3 is 12.6 Å². The van der Waals surface area contributed by atoms with Gasteiger partial charge in [-0.1, -0.05) is 30.3 Å². The van der Waals surface area contributed by atoms with E-state index in [4.69, 9.17) is 4.74 Å². The summed E-state index contributed by atoms with van der Waals surface area (Å²) in [6.45, 7) is -4.29. The van der Waals surface area contributed by atoms with Gasteiger partial charge < -0.3 is 9.47 Å². The molecular formula is C17H13F2NO6S. The summed E-state index contributed by atoms with van der Waals surface area (Å²) in [7, 11) is -4.14.